The zero-order chi connectivity index (χ0) is 13.1. The minimum Gasteiger partial charge on any atom is -0.477 e. The summed E-state index contributed by atoms with van der Waals surface area (Å²) in [7, 11) is 0. The Morgan fingerprint density at radius 3 is 2.53 bits per heavy atom. The van der Waals surface area contributed by atoms with Gasteiger partial charge in [-0.2, -0.15) is 0 Å². The van der Waals surface area contributed by atoms with Crippen LogP contribution in [0.4, 0.5) is 5.69 Å². The van der Waals surface area contributed by atoms with E-state index >= 15 is 0 Å². The summed E-state index contributed by atoms with van der Waals surface area (Å²) in [5.41, 5.74) is 5.17. The number of rotatable bonds is 5. The highest BCUT2D eigenvalue weighted by Crippen LogP contribution is 2.15. The second-order valence-electron chi connectivity index (χ2n) is 4.34. The minimum absolute atomic E-state index is 0.0234. The van der Waals surface area contributed by atoms with Gasteiger partial charge in [0.05, 0.1) is 17.3 Å². The van der Waals surface area contributed by atoms with E-state index < -0.39 is 17.3 Å². The van der Waals surface area contributed by atoms with Crippen molar-refractivity contribution in [1.29, 1.82) is 0 Å². The first kappa shape index (κ1) is 13.0. The topological polar surface area (TPSA) is 105 Å². The minimum atomic E-state index is -1.07. The Morgan fingerprint density at radius 2 is 2.12 bits per heavy atom. The fraction of sp³-hybridized carbons (Fsp3) is 0.364. The molecule has 0 bridgehead atoms. The Bertz CT molecular complexity index is 426. The van der Waals surface area contributed by atoms with Gasteiger partial charge in [0, 0.05) is 6.54 Å². The van der Waals surface area contributed by atoms with E-state index in [0.29, 0.717) is 12.2 Å². The van der Waals surface area contributed by atoms with Crippen LogP contribution in [0.25, 0.3) is 0 Å². The highest BCUT2D eigenvalue weighted by atomic mass is 16.4. The fourth-order valence-corrected chi connectivity index (χ4v) is 1.04. The molecule has 6 heteroatoms. The molecule has 92 valence electrons. The van der Waals surface area contributed by atoms with Crippen LogP contribution in [-0.4, -0.2) is 28.5 Å². The van der Waals surface area contributed by atoms with Crippen LogP contribution in [0.1, 0.15) is 24.3 Å². The predicted molar refractivity (Wildman–Crippen MR) is 62.7 cm³/mol. The van der Waals surface area contributed by atoms with Gasteiger partial charge in [-0.15, -0.1) is 0 Å². The zero-order valence-electron chi connectivity index (χ0n) is 9.73. The van der Waals surface area contributed by atoms with Crippen LogP contribution in [0.5, 0.6) is 0 Å². The summed E-state index contributed by atoms with van der Waals surface area (Å²) in [5, 5.41) is 11.6. The smallest absolute Gasteiger partial charge is 0.354 e. The number of carboxylic acid groups (broad SMARTS) is 1. The molecule has 0 radical (unpaired) electrons. The third-order valence-corrected chi connectivity index (χ3v) is 2.38. The molecule has 0 aliphatic rings. The number of primary amides is 1. The molecule has 0 aliphatic heterocycles. The largest absolute Gasteiger partial charge is 0.477 e. The van der Waals surface area contributed by atoms with E-state index in [0.717, 1.165) is 0 Å². The molecule has 0 atom stereocenters. The monoisotopic (exact) mass is 237 g/mol. The van der Waals surface area contributed by atoms with Crippen LogP contribution < -0.4 is 11.1 Å². The molecule has 0 saturated heterocycles. The number of amides is 1. The molecule has 4 N–H and O–H groups in total. The van der Waals surface area contributed by atoms with Crippen LogP contribution in [0.2, 0.25) is 0 Å². The van der Waals surface area contributed by atoms with E-state index in [1.807, 2.05) is 0 Å². The first-order chi connectivity index (χ1) is 7.83. The van der Waals surface area contributed by atoms with Gasteiger partial charge < -0.3 is 16.2 Å². The van der Waals surface area contributed by atoms with Crippen molar-refractivity contribution in [3.05, 3.63) is 24.0 Å². The summed E-state index contributed by atoms with van der Waals surface area (Å²) in [6.45, 7) is 3.80. The van der Waals surface area contributed by atoms with Crippen molar-refractivity contribution in [1.82, 2.24) is 4.98 Å². The van der Waals surface area contributed by atoms with E-state index in [9.17, 15) is 9.59 Å². The van der Waals surface area contributed by atoms with E-state index in [1.165, 1.54) is 12.3 Å². The maximum absolute atomic E-state index is 11.1. The van der Waals surface area contributed by atoms with Crippen LogP contribution in [-0.2, 0) is 4.79 Å². The number of pyridine rings is 1. The molecule has 6 nitrogen and oxygen atoms in total. The van der Waals surface area contributed by atoms with Crippen LogP contribution in [0, 0.1) is 5.41 Å². The van der Waals surface area contributed by atoms with Gasteiger partial charge in [-0.1, -0.05) is 0 Å². The maximum atomic E-state index is 11.1. The Hall–Kier alpha value is -2.11. The van der Waals surface area contributed by atoms with Crippen LogP contribution in [0.3, 0.4) is 0 Å². The number of carboxylic acids is 1. The molecular weight excluding hydrogens is 222 g/mol. The third-order valence-electron chi connectivity index (χ3n) is 2.38. The number of carbonyl (C=O) groups is 2. The summed E-state index contributed by atoms with van der Waals surface area (Å²) < 4.78 is 0. The SMILES string of the molecule is CC(C)(CNc1ccc(C(=O)O)nc1)C(N)=O. The van der Waals surface area contributed by atoms with E-state index in [4.69, 9.17) is 10.8 Å². The highest BCUT2D eigenvalue weighted by Gasteiger charge is 2.24. The summed E-state index contributed by atoms with van der Waals surface area (Å²) in [6, 6.07) is 2.98. The Labute approximate surface area is 98.8 Å². The first-order valence-electron chi connectivity index (χ1n) is 5.06. The molecule has 0 saturated carbocycles. The number of carbonyl (C=O) groups excluding carboxylic acids is 1. The molecule has 0 aliphatic carbocycles. The van der Waals surface area contributed by atoms with Gasteiger partial charge in [-0.05, 0) is 26.0 Å². The van der Waals surface area contributed by atoms with Gasteiger partial charge in [-0.3, -0.25) is 4.79 Å². The lowest BCUT2D eigenvalue weighted by Gasteiger charge is -2.21. The number of anilines is 1. The summed E-state index contributed by atoms with van der Waals surface area (Å²) in [6.07, 6.45) is 1.40. The number of hydrogen-bond donors (Lipinski definition) is 3. The molecule has 0 aromatic carbocycles. The number of aromatic carboxylic acids is 1. The Kier molecular flexibility index (Phi) is 3.67. The molecule has 17 heavy (non-hydrogen) atoms. The molecule has 0 unspecified atom stereocenters. The normalized spacial score (nSPS) is 10.9. The lowest BCUT2D eigenvalue weighted by atomic mass is 9.93. The number of aromatic nitrogens is 1. The maximum Gasteiger partial charge on any atom is 0.354 e. The van der Waals surface area contributed by atoms with Crippen molar-refractivity contribution >= 4 is 17.6 Å². The van der Waals surface area contributed by atoms with Crippen molar-refractivity contribution in [2.24, 2.45) is 11.1 Å². The average Bonchev–Trinajstić information content (AvgIpc) is 2.27. The fourth-order valence-electron chi connectivity index (χ4n) is 1.04. The molecule has 1 amide bonds. The molecule has 1 heterocycles. The van der Waals surface area contributed by atoms with E-state index in [1.54, 1.807) is 19.9 Å². The predicted octanol–water partition coefficient (Wildman–Crippen LogP) is 0.703. The lowest BCUT2D eigenvalue weighted by molar-refractivity contribution is -0.125. The van der Waals surface area contributed by atoms with Crippen molar-refractivity contribution in [2.75, 3.05) is 11.9 Å². The van der Waals surface area contributed by atoms with E-state index in [-0.39, 0.29) is 5.69 Å². The summed E-state index contributed by atoms with van der Waals surface area (Å²) >= 11 is 0. The molecule has 1 rings (SSSR count). The van der Waals surface area contributed by atoms with E-state index in [2.05, 4.69) is 10.3 Å². The van der Waals surface area contributed by atoms with Crippen LogP contribution in [0.15, 0.2) is 18.3 Å². The van der Waals surface area contributed by atoms with Gasteiger partial charge in [0.2, 0.25) is 5.91 Å². The average molecular weight is 237 g/mol. The summed E-state index contributed by atoms with van der Waals surface area (Å²) in [5.74, 6) is -1.48. The number of nitrogens with two attached hydrogens (primary N) is 1. The Balaban J connectivity index is 2.65. The number of nitrogens with zero attached hydrogens (tertiary/aromatic N) is 1. The van der Waals surface area contributed by atoms with Gasteiger partial charge in [0.25, 0.3) is 0 Å². The number of hydrogen-bond acceptors (Lipinski definition) is 4. The van der Waals surface area contributed by atoms with Gasteiger partial charge in [0.1, 0.15) is 5.69 Å². The van der Waals surface area contributed by atoms with Crippen molar-refractivity contribution in [2.45, 2.75) is 13.8 Å². The third kappa shape index (κ3) is 3.44. The number of nitrogens with one attached hydrogen (secondary N) is 1. The van der Waals surface area contributed by atoms with Crippen molar-refractivity contribution in [3.8, 4) is 0 Å². The van der Waals surface area contributed by atoms with Gasteiger partial charge >= 0.3 is 5.97 Å². The molecule has 0 fully saturated rings. The molecule has 1 aromatic rings. The Morgan fingerprint density at radius 1 is 1.47 bits per heavy atom. The quantitative estimate of drug-likeness (QED) is 0.699. The summed E-state index contributed by atoms with van der Waals surface area (Å²) in [4.78, 5) is 25.4. The van der Waals surface area contributed by atoms with Crippen molar-refractivity contribution < 1.29 is 14.7 Å². The first-order valence-corrected chi connectivity index (χ1v) is 5.06. The van der Waals surface area contributed by atoms with Gasteiger partial charge in [-0.25, -0.2) is 9.78 Å². The van der Waals surface area contributed by atoms with Crippen molar-refractivity contribution in [3.63, 3.8) is 0 Å². The standard InChI is InChI=1S/C11H15N3O3/c1-11(2,10(12)17)6-14-7-3-4-8(9(15)16)13-5-7/h3-5,14H,6H2,1-2H3,(H2,12,17)(H,15,16). The molecular formula is C11H15N3O3. The molecule has 1 aromatic heterocycles. The van der Waals surface area contributed by atoms with Gasteiger partial charge in [0.15, 0.2) is 0 Å². The second-order valence-corrected chi connectivity index (χ2v) is 4.34. The zero-order valence-corrected chi connectivity index (χ0v) is 9.73. The lowest BCUT2D eigenvalue weighted by Crippen LogP contribution is -2.37. The highest BCUT2D eigenvalue weighted by molar-refractivity contribution is 5.85. The molecule has 0 spiro atoms. The second kappa shape index (κ2) is 4.82. The van der Waals surface area contributed by atoms with Crippen LogP contribution >= 0.6 is 0 Å².